The van der Waals surface area contributed by atoms with Crippen molar-refractivity contribution in [2.24, 2.45) is 4.99 Å². The van der Waals surface area contributed by atoms with Gasteiger partial charge in [-0.2, -0.15) is 0 Å². The van der Waals surface area contributed by atoms with E-state index in [1.807, 2.05) is 13.0 Å². The maximum Gasteiger partial charge on any atom is 0.263 e. The molecule has 0 radical (unpaired) electrons. The van der Waals surface area contributed by atoms with Crippen LogP contribution in [0.25, 0.3) is 0 Å². The minimum Gasteiger partial charge on any atom is -0.373 e. The Morgan fingerprint density at radius 3 is 2.80 bits per heavy atom. The molecular weight excluding hydrogens is 345 g/mol. The lowest BCUT2D eigenvalue weighted by molar-refractivity contribution is -0.115. The molecule has 1 aromatic rings. The minimum absolute atomic E-state index is 0.130. The third-order valence-corrected chi connectivity index (χ3v) is 5.38. The number of halogens is 2. The zero-order valence-electron chi connectivity index (χ0n) is 14.3. The van der Waals surface area contributed by atoms with Crippen molar-refractivity contribution in [2.75, 3.05) is 19.6 Å². The molecule has 1 aromatic carbocycles. The van der Waals surface area contributed by atoms with Gasteiger partial charge in [0, 0.05) is 25.2 Å². The largest absolute Gasteiger partial charge is 0.373 e. The minimum atomic E-state index is -0.531. The lowest BCUT2D eigenvalue weighted by Crippen LogP contribution is -2.57. The third-order valence-electron chi connectivity index (χ3n) is 4.80. The van der Waals surface area contributed by atoms with E-state index in [4.69, 9.17) is 16.3 Å². The fourth-order valence-corrected chi connectivity index (χ4v) is 3.45. The number of hydrogen-bond donors (Lipinski definition) is 1. The molecule has 2 heterocycles. The first kappa shape index (κ1) is 18.3. The number of likely N-dealkylation sites (tertiary alicyclic amines) is 1. The van der Waals surface area contributed by atoms with Crippen molar-refractivity contribution in [3.05, 3.63) is 35.6 Å². The van der Waals surface area contributed by atoms with E-state index in [1.54, 1.807) is 12.1 Å². The maximum absolute atomic E-state index is 13.6. The summed E-state index contributed by atoms with van der Waals surface area (Å²) in [6.45, 7) is 4.66. The van der Waals surface area contributed by atoms with E-state index in [0.29, 0.717) is 18.7 Å². The maximum atomic E-state index is 13.6. The number of amides is 1. The predicted molar refractivity (Wildman–Crippen MR) is 95.3 cm³/mol. The summed E-state index contributed by atoms with van der Waals surface area (Å²) in [5.74, 6) is -0.476. The summed E-state index contributed by atoms with van der Waals surface area (Å²) < 4.78 is 19.5. The highest BCUT2D eigenvalue weighted by Crippen LogP contribution is 2.25. The first-order valence-corrected chi connectivity index (χ1v) is 8.97. The van der Waals surface area contributed by atoms with Crippen LogP contribution in [-0.2, 0) is 16.1 Å². The molecule has 7 heteroatoms. The van der Waals surface area contributed by atoms with Crippen molar-refractivity contribution in [2.45, 2.75) is 43.5 Å². The third kappa shape index (κ3) is 4.57. The summed E-state index contributed by atoms with van der Waals surface area (Å²) >= 11 is 6.27. The fourth-order valence-electron chi connectivity index (χ4n) is 3.22. The molecule has 1 saturated heterocycles. The van der Waals surface area contributed by atoms with E-state index in [0.717, 1.165) is 25.9 Å². The molecule has 2 aliphatic rings. The summed E-state index contributed by atoms with van der Waals surface area (Å²) in [7, 11) is 0. The van der Waals surface area contributed by atoms with Crippen LogP contribution in [0.4, 0.5) is 4.39 Å². The number of hydrogen-bond acceptors (Lipinski definition) is 4. The molecule has 136 valence electrons. The topological polar surface area (TPSA) is 53.9 Å². The number of alkyl halides is 1. The van der Waals surface area contributed by atoms with Gasteiger partial charge in [-0.15, -0.1) is 0 Å². The highest BCUT2D eigenvalue weighted by Gasteiger charge is 2.38. The normalized spacial score (nSPS) is 28.1. The summed E-state index contributed by atoms with van der Waals surface area (Å²) in [5, 5.41) is 2.70. The molecular formula is C18H23ClFN3O2. The molecule has 1 N–H and O–H groups in total. The van der Waals surface area contributed by atoms with Crippen LogP contribution in [-0.4, -0.2) is 53.8 Å². The van der Waals surface area contributed by atoms with E-state index >= 15 is 0 Å². The molecule has 1 fully saturated rings. The second kappa shape index (κ2) is 7.81. The molecule has 0 bridgehead atoms. The van der Waals surface area contributed by atoms with Crippen LogP contribution >= 0.6 is 11.6 Å². The molecule has 0 spiro atoms. The van der Waals surface area contributed by atoms with Crippen molar-refractivity contribution >= 4 is 23.7 Å². The molecule has 25 heavy (non-hydrogen) atoms. The predicted octanol–water partition coefficient (Wildman–Crippen LogP) is 2.33. The van der Waals surface area contributed by atoms with E-state index < -0.39 is 11.0 Å². The van der Waals surface area contributed by atoms with Gasteiger partial charge in [-0.3, -0.25) is 9.79 Å². The van der Waals surface area contributed by atoms with Crippen LogP contribution in [0.1, 0.15) is 25.3 Å². The van der Waals surface area contributed by atoms with Gasteiger partial charge in [0.25, 0.3) is 5.91 Å². The summed E-state index contributed by atoms with van der Waals surface area (Å²) in [6.07, 6.45) is 3.20. The quantitative estimate of drug-likeness (QED) is 0.642. The van der Waals surface area contributed by atoms with Crippen molar-refractivity contribution in [3.8, 4) is 0 Å². The molecule has 2 unspecified atom stereocenters. The van der Waals surface area contributed by atoms with E-state index in [-0.39, 0.29) is 17.8 Å². The molecule has 0 aliphatic carbocycles. The van der Waals surface area contributed by atoms with Gasteiger partial charge in [-0.25, -0.2) is 4.39 Å². The van der Waals surface area contributed by atoms with Gasteiger partial charge in [0.15, 0.2) is 0 Å². The number of benzene rings is 1. The molecule has 5 nitrogen and oxygen atoms in total. The van der Waals surface area contributed by atoms with E-state index in [9.17, 15) is 9.18 Å². The number of carbonyl (C=O) groups excluding carboxylic acids is 1. The summed E-state index contributed by atoms with van der Waals surface area (Å²) in [6, 6.07) is 6.70. The van der Waals surface area contributed by atoms with Crippen molar-refractivity contribution in [1.82, 2.24) is 10.2 Å². The van der Waals surface area contributed by atoms with Gasteiger partial charge in [-0.05, 0) is 25.8 Å². The van der Waals surface area contributed by atoms with Crippen LogP contribution in [0.2, 0.25) is 0 Å². The van der Waals surface area contributed by atoms with Crippen LogP contribution in [0.5, 0.6) is 0 Å². The summed E-state index contributed by atoms with van der Waals surface area (Å²) in [5.41, 5.74) is -0.453. The first-order valence-electron chi connectivity index (χ1n) is 8.53. The average molecular weight is 368 g/mol. The number of ether oxygens (including phenoxy) is 1. The Kier molecular flexibility index (Phi) is 5.71. The highest BCUT2D eigenvalue weighted by molar-refractivity contribution is 6.31. The number of rotatable bonds is 5. The number of carbonyl (C=O) groups is 1. The number of piperidine rings is 1. The molecule has 2 aliphatic heterocycles. The van der Waals surface area contributed by atoms with Gasteiger partial charge >= 0.3 is 0 Å². The van der Waals surface area contributed by atoms with Gasteiger partial charge < -0.3 is 15.0 Å². The van der Waals surface area contributed by atoms with E-state index in [2.05, 4.69) is 15.2 Å². The number of nitrogens with zero attached hydrogens (tertiary/aromatic N) is 2. The molecule has 1 amide bonds. The van der Waals surface area contributed by atoms with Crippen LogP contribution in [0.15, 0.2) is 29.3 Å². The Morgan fingerprint density at radius 2 is 2.12 bits per heavy atom. The average Bonchev–Trinajstić information content (AvgIpc) is 2.59. The second-order valence-corrected chi connectivity index (χ2v) is 7.30. The first-order chi connectivity index (χ1) is 12.0. The Bertz CT molecular complexity index is 649. The molecule has 0 saturated carbocycles. The molecule has 2 atom stereocenters. The van der Waals surface area contributed by atoms with Gasteiger partial charge in [0.1, 0.15) is 16.9 Å². The van der Waals surface area contributed by atoms with Crippen LogP contribution in [0, 0.1) is 5.82 Å². The zero-order valence-corrected chi connectivity index (χ0v) is 15.0. The SMILES string of the molecule is CC1(CN2CCC(OCc3ccccc3F)CC2)N=CC(=O)NC1Cl. The van der Waals surface area contributed by atoms with Crippen LogP contribution < -0.4 is 5.32 Å². The lowest BCUT2D eigenvalue weighted by Gasteiger charge is -2.40. The molecule has 3 rings (SSSR count). The van der Waals surface area contributed by atoms with Crippen molar-refractivity contribution < 1.29 is 13.9 Å². The van der Waals surface area contributed by atoms with E-state index in [1.165, 1.54) is 12.3 Å². The summed E-state index contributed by atoms with van der Waals surface area (Å²) in [4.78, 5) is 17.9. The standard InChI is InChI=1S/C18H23ClFN3O2/c1-18(17(19)22-16(24)10-21-18)12-23-8-6-14(7-9-23)25-11-13-4-2-3-5-15(13)20/h2-5,10,14,17H,6-9,11-12H2,1H3,(H,22,24). The van der Waals surface area contributed by atoms with Gasteiger partial charge in [0.2, 0.25) is 0 Å². The van der Waals surface area contributed by atoms with Gasteiger partial charge in [-0.1, -0.05) is 29.8 Å². The lowest BCUT2D eigenvalue weighted by atomic mass is 9.98. The Balaban J connectivity index is 1.47. The number of nitrogens with one attached hydrogen (secondary N) is 1. The van der Waals surface area contributed by atoms with Crippen molar-refractivity contribution in [3.63, 3.8) is 0 Å². The number of aliphatic imine (C=N–C) groups is 1. The van der Waals surface area contributed by atoms with Crippen molar-refractivity contribution in [1.29, 1.82) is 0 Å². The zero-order chi connectivity index (χ0) is 17.9. The Morgan fingerprint density at radius 1 is 1.40 bits per heavy atom. The van der Waals surface area contributed by atoms with Crippen LogP contribution in [0.3, 0.4) is 0 Å². The highest BCUT2D eigenvalue weighted by atomic mass is 35.5. The fraction of sp³-hybridized carbons (Fsp3) is 0.556. The smallest absolute Gasteiger partial charge is 0.263 e. The Labute approximate surface area is 152 Å². The molecule has 0 aromatic heterocycles. The monoisotopic (exact) mass is 367 g/mol. The van der Waals surface area contributed by atoms with Gasteiger partial charge in [0.05, 0.1) is 18.9 Å². The Hall–Kier alpha value is -1.50. The second-order valence-electron chi connectivity index (χ2n) is 6.86.